The normalized spacial score (nSPS) is 17.6. The van der Waals surface area contributed by atoms with Crippen LogP contribution in [-0.2, 0) is 6.54 Å². The van der Waals surface area contributed by atoms with Gasteiger partial charge in [0.15, 0.2) is 5.96 Å². The number of imidazole rings is 1. The van der Waals surface area contributed by atoms with Crippen LogP contribution in [0.2, 0.25) is 0 Å². The summed E-state index contributed by atoms with van der Waals surface area (Å²) < 4.78 is 2.30. The number of hydrogen-bond donors (Lipinski definition) is 2. The SMILES string of the molecule is CCNC(=NCC(C)N1CCN(C)CC1)NCCCn1c(C)nc2ccccc21. The van der Waals surface area contributed by atoms with Gasteiger partial charge in [-0.2, -0.15) is 0 Å². The fourth-order valence-electron chi connectivity index (χ4n) is 3.87. The molecule has 160 valence electrons. The molecule has 1 aromatic heterocycles. The van der Waals surface area contributed by atoms with Gasteiger partial charge in [-0.15, -0.1) is 0 Å². The Bertz CT molecular complexity index is 790. The zero-order valence-corrected chi connectivity index (χ0v) is 18.5. The Morgan fingerprint density at radius 3 is 2.69 bits per heavy atom. The third-order valence-electron chi connectivity index (χ3n) is 5.72. The van der Waals surface area contributed by atoms with Crippen molar-refractivity contribution in [2.45, 2.75) is 39.8 Å². The number of piperazine rings is 1. The molecule has 0 saturated carbocycles. The average molecular weight is 400 g/mol. The zero-order chi connectivity index (χ0) is 20.6. The predicted molar refractivity (Wildman–Crippen MR) is 122 cm³/mol. The molecule has 1 aromatic carbocycles. The Kier molecular flexibility index (Phi) is 7.89. The predicted octanol–water partition coefficient (Wildman–Crippen LogP) is 1.93. The Morgan fingerprint density at radius 1 is 1.17 bits per heavy atom. The van der Waals surface area contributed by atoms with E-state index in [1.807, 2.05) is 6.07 Å². The van der Waals surface area contributed by atoms with E-state index in [1.165, 1.54) is 5.52 Å². The molecule has 0 amide bonds. The van der Waals surface area contributed by atoms with E-state index >= 15 is 0 Å². The molecule has 0 bridgehead atoms. The van der Waals surface area contributed by atoms with Crippen LogP contribution in [0.3, 0.4) is 0 Å². The Labute approximate surface area is 175 Å². The van der Waals surface area contributed by atoms with E-state index < -0.39 is 0 Å². The van der Waals surface area contributed by atoms with Gasteiger partial charge in [0.1, 0.15) is 5.82 Å². The number of hydrogen-bond acceptors (Lipinski definition) is 4. The molecule has 2 aromatic rings. The second-order valence-corrected chi connectivity index (χ2v) is 7.99. The minimum Gasteiger partial charge on any atom is -0.357 e. The molecule has 1 fully saturated rings. The molecule has 1 aliphatic rings. The van der Waals surface area contributed by atoms with E-state index in [0.717, 1.165) is 76.1 Å². The summed E-state index contributed by atoms with van der Waals surface area (Å²) in [5, 5.41) is 6.87. The molecule has 3 rings (SSSR count). The van der Waals surface area contributed by atoms with Crippen molar-refractivity contribution in [3.63, 3.8) is 0 Å². The third-order valence-corrected chi connectivity index (χ3v) is 5.72. The monoisotopic (exact) mass is 399 g/mol. The number of nitrogens with zero attached hydrogens (tertiary/aromatic N) is 5. The van der Waals surface area contributed by atoms with E-state index in [-0.39, 0.29) is 0 Å². The van der Waals surface area contributed by atoms with Gasteiger partial charge in [-0.05, 0) is 46.4 Å². The smallest absolute Gasteiger partial charge is 0.191 e. The number of nitrogens with one attached hydrogen (secondary N) is 2. The molecule has 0 radical (unpaired) electrons. The molecular weight excluding hydrogens is 362 g/mol. The van der Waals surface area contributed by atoms with Crippen LogP contribution in [-0.4, -0.2) is 84.2 Å². The summed E-state index contributed by atoms with van der Waals surface area (Å²) in [7, 11) is 2.20. The summed E-state index contributed by atoms with van der Waals surface area (Å²) in [6.45, 7) is 14.6. The number of aliphatic imine (C=N–C) groups is 1. The van der Waals surface area contributed by atoms with Crippen molar-refractivity contribution in [1.29, 1.82) is 0 Å². The van der Waals surface area contributed by atoms with Crippen LogP contribution in [0.5, 0.6) is 0 Å². The Hall–Kier alpha value is -2.12. The molecule has 7 nitrogen and oxygen atoms in total. The number of likely N-dealkylation sites (N-methyl/N-ethyl adjacent to an activating group) is 1. The average Bonchev–Trinajstić information content (AvgIpc) is 3.04. The van der Waals surface area contributed by atoms with E-state index in [9.17, 15) is 0 Å². The second kappa shape index (κ2) is 10.6. The first-order valence-electron chi connectivity index (χ1n) is 10.9. The Morgan fingerprint density at radius 2 is 1.93 bits per heavy atom. The van der Waals surface area contributed by atoms with Gasteiger partial charge in [0.25, 0.3) is 0 Å². The molecule has 7 heteroatoms. The number of benzene rings is 1. The number of fused-ring (bicyclic) bond motifs is 1. The minimum absolute atomic E-state index is 0.471. The number of aryl methyl sites for hydroxylation is 2. The summed E-state index contributed by atoms with van der Waals surface area (Å²) in [6, 6.07) is 8.82. The van der Waals surface area contributed by atoms with Crippen molar-refractivity contribution in [1.82, 2.24) is 30.0 Å². The summed E-state index contributed by atoms with van der Waals surface area (Å²) in [6.07, 6.45) is 1.03. The van der Waals surface area contributed by atoms with Crippen LogP contribution >= 0.6 is 0 Å². The van der Waals surface area contributed by atoms with Gasteiger partial charge in [-0.25, -0.2) is 4.98 Å². The fraction of sp³-hybridized carbons (Fsp3) is 0.636. The van der Waals surface area contributed by atoms with E-state index in [0.29, 0.717) is 6.04 Å². The number of aromatic nitrogens is 2. The highest BCUT2D eigenvalue weighted by Gasteiger charge is 2.18. The molecule has 0 spiro atoms. The first-order valence-corrected chi connectivity index (χ1v) is 10.9. The molecular formula is C22H37N7. The fourth-order valence-corrected chi connectivity index (χ4v) is 3.87. The van der Waals surface area contributed by atoms with E-state index in [1.54, 1.807) is 0 Å². The maximum Gasteiger partial charge on any atom is 0.191 e. The van der Waals surface area contributed by atoms with Crippen molar-refractivity contribution < 1.29 is 0 Å². The first kappa shape index (κ1) is 21.6. The first-order chi connectivity index (χ1) is 14.1. The summed E-state index contributed by atoms with van der Waals surface area (Å²) >= 11 is 0. The molecule has 1 aliphatic heterocycles. The van der Waals surface area contributed by atoms with Gasteiger partial charge < -0.3 is 20.1 Å². The van der Waals surface area contributed by atoms with Gasteiger partial charge in [-0.3, -0.25) is 9.89 Å². The van der Waals surface area contributed by atoms with Crippen molar-refractivity contribution in [2.75, 3.05) is 52.9 Å². The zero-order valence-electron chi connectivity index (χ0n) is 18.5. The van der Waals surface area contributed by atoms with Gasteiger partial charge in [0.2, 0.25) is 0 Å². The lowest BCUT2D eigenvalue weighted by atomic mass is 10.2. The summed E-state index contributed by atoms with van der Waals surface area (Å²) in [5.74, 6) is 1.99. The topological polar surface area (TPSA) is 60.7 Å². The highest BCUT2D eigenvalue weighted by atomic mass is 15.3. The lowest BCUT2D eigenvalue weighted by Crippen LogP contribution is -2.49. The van der Waals surface area contributed by atoms with Crippen LogP contribution in [0, 0.1) is 6.92 Å². The number of rotatable bonds is 8. The summed E-state index contributed by atoms with van der Waals surface area (Å²) in [4.78, 5) is 14.4. The Balaban J connectivity index is 1.47. The quantitative estimate of drug-likeness (QED) is 0.404. The highest BCUT2D eigenvalue weighted by molar-refractivity contribution is 5.79. The highest BCUT2D eigenvalue weighted by Crippen LogP contribution is 2.15. The van der Waals surface area contributed by atoms with Crippen LogP contribution in [0.25, 0.3) is 11.0 Å². The lowest BCUT2D eigenvalue weighted by molar-refractivity contribution is 0.122. The molecule has 29 heavy (non-hydrogen) atoms. The summed E-state index contributed by atoms with van der Waals surface area (Å²) in [5.41, 5.74) is 2.29. The largest absolute Gasteiger partial charge is 0.357 e. The van der Waals surface area contributed by atoms with Gasteiger partial charge in [0, 0.05) is 51.9 Å². The van der Waals surface area contributed by atoms with Crippen LogP contribution in [0.4, 0.5) is 0 Å². The molecule has 0 aliphatic carbocycles. The minimum atomic E-state index is 0.471. The van der Waals surface area contributed by atoms with Crippen molar-refractivity contribution in [2.24, 2.45) is 4.99 Å². The van der Waals surface area contributed by atoms with Gasteiger partial charge in [-0.1, -0.05) is 12.1 Å². The van der Waals surface area contributed by atoms with Gasteiger partial charge in [0.05, 0.1) is 17.6 Å². The molecule has 2 N–H and O–H groups in total. The third kappa shape index (κ3) is 5.93. The van der Waals surface area contributed by atoms with Crippen molar-refractivity contribution in [3.05, 3.63) is 30.1 Å². The molecule has 2 heterocycles. The molecule has 1 atom stereocenters. The maximum atomic E-state index is 4.83. The lowest BCUT2D eigenvalue weighted by Gasteiger charge is -2.35. The van der Waals surface area contributed by atoms with Crippen molar-refractivity contribution >= 4 is 17.0 Å². The van der Waals surface area contributed by atoms with Crippen molar-refractivity contribution in [3.8, 4) is 0 Å². The second-order valence-electron chi connectivity index (χ2n) is 7.99. The molecule has 1 saturated heterocycles. The van der Waals surface area contributed by atoms with Crippen LogP contribution < -0.4 is 10.6 Å². The number of para-hydroxylation sites is 2. The van der Waals surface area contributed by atoms with E-state index in [4.69, 9.17) is 4.99 Å². The van der Waals surface area contributed by atoms with Crippen LogP contribution in [0.1, 0.15) is 26.1 Å². The maximum absolute atomic E-state index is 4.83. The molecule has 1 unspecified atom stereocenters. The standard InChI is InChI=1S/C22H37N7/c1-5-23-22(25-17-18(2)28-15-13-27(4)14-16-28)24-11-8-12-29-19(3)26-20-9-6-7-10-21(20)29/h6-7,9-10,18H,5,8,11-17H2,1-4H3,(H2,23,24,25). The van der Waals surface area contributed by atoms with Gasteiger partial charge >= 0.3 is 0 Å². The van der Waals surface area contributed by atoms with Crippen LogP contribution in [0.15, 0.2) is 29.3 Å². The number of guanidine groups is 1. The van der Waals surface area contributed by atoms with E-state index in [2.05, 4.69) is 76.0 Å².